The van der Waals surface area contributed by atoms with E-state index in [0.717, 1.165) is 11.2 Å². The normalized spacial score (nSPS) is 25.9. The van der Waals surface area contributed by atoms with E-state index in [0.29, 0.717) is 0 Å². The molecule has 0 N–H and O–H groups in total. The first-order chi connectivity index (χ1) is 11.7. The van der Waals surface area contributed by atoms with E-state index >= 15 is 0 Å². The van der Waals surface area contributed by atoms with Crippen LogP contribution in [0.4, 0.5) is 5.69 Å². The second-order valence-corrected chi connectivity index (χ2v) is 8.85. The van der Waals surface area contributed by atoms with Crippen molar-refractivity contribution in [3.05, 3.63) is 29.3 Å². The molecular weight excluding hydrogens is 312 g/mol. The summed E-state index contributed by atoms with van der Waals surface area (Å²) < 4.78 is 0. The fourth-order valence-corrected chi connectivity index (χ4v) is 5.06. The van der Waals surface area contributed by atoms with Crippen LogP contribution in [0.1, 0.15) is 43.2 Å². The van der Waals surface area contributed by atoms with Gasteiger partial charge in [0, 0.05) is 37.1 Å². The Kier molecular flexibility index (Phi) is 6.51. The van der Waals surface area contributed by atoms with Crippen LogP contribution in [0.5, 0.6) is 0 Å². The maximum absolute atomic E-state index is 2.70. The van der Waals surface area contributed by atoms with E-state index < -0.39 is 0 Å². The minimum absolute atomic E-state index is 0.947. The van der Waals surface area contributed by atoms with E-state index in [2.05, 4.69) is 59.9 Å². The molecule has 24 heavy (non-hydrogen) atoms. The minimum atomic E-state index is 0.947. The lowest BCUT2D eigenvalue weighted by atomic mass is 9.86. The van der Waals surface area contributed by atoms with Crippen molar-refractivity contribution >= 4 is 17.4 Å². The Balaban J connectivity index is 1.42. The van der Waals surface area contributed by atoms with Crippen LogP contribution >= 0.6 is 11.8 Å². The molecular formula is C21H34N2S. The molecule has 0 bridgehead atoms. The molecule has 3 rings (SSSR count). The van der Waals surface area contributed by atoms with E-state index in [9.17, 15) is 0 Å². The fourth-order valence-electron chi connectivity index (χ4n) is 4.31. The topological polar surface area (TPSA) is 6.48 Å². The van der Waals surface area contributed by atoms with Crippen molar-refractivity contribution in [2.24, 2.45) is 5.92 Å². The molecule has 1 aromatic rings. The van der Waals surface area contributed by atoms with E-state index in [4.69, 9.17) is 0 Å². The summed E-state index contributed by atoms with van der Waals surface area (Å²) in [6.07, 6.45) is 9.53. The summed E-state index contributed by atoms with van der Waals surface area (Å²) in [7, 11) is 0. The predicted molar refractivity (Wildman–Crippen MR) is 108 cm³/mol. The maximum Gasteiger partial charge on any atom is 0.0399 e. The lowest BCUT2D eigenvalue weighted by molar-refractivity contribution is 0.222. The zero-order valence-electron chi connectivity index (χ0n) is 15.8. The molecule has 1 saturated carbocycles. The highest BCUT2D eigenvalue weighted by atomic mass is 32.2. The molecule has 1 saturated heterocycles. The summed E-state index contributed by atoms with van der Waals surface area (Å²) in [6.45, 7) is 10.6. The third-order valence-electron chi connectivity index (χ3n) is 6.27. The van der Waals surface area contributed by atoms with E-state index in [1.807, 2.05) is 0 Å². The molecule has 0 atom stereocenters. The lowest BCUT2D eigenvalue weighted by Crippen LogP contribution is -2.47. The van der Waals surface area contributed by atoms with Crippen molar-refractivity contribution in [3.8, 4) is 0 Å². The number of anilines is 1. The Labute approximate surface area is 153 Å². The van der Waals surface area contributed by atoms with Crippen molar-refractivity contribution in [2.45, 2.75) is 51.2 Å². The average molecular weight is 347 g/mol. The molecule has 2 aliphatic rings. The largest absolute Gasteiger partial charge is 0.369 e. The zero-order chi connectivity index (χ0) is 16.9. The van der Waals surface area contributed by atoms with Crippen molar-refractivity contribution in [1.29, 1.82) is 0 Å². The highest BCUT2D eigenvalue weighted by molar-refractivity contribution is 7.99. The van der Waals surface area contributed by atoms with Gasteiger partial charge in [-0.05, 0) is 81.9 Å². The first kappa shape index (κ1) is 18.1. The number of aryl methyl sites for hydroxylation is 1. The van der Waals surface area contributed by atoms with Gasteiger partial charge < -0.3 is 4.90 Å². The van der Waals surface area contributed by atoms with Gasteiger partial charge in [-0.1, -0.05) is 12.1 Å². The Morgan fingerprint density at radius 1 is 1.00 bits per heavy atom. The molecule has 2 nitrogen and oxygen atoms in total. The quantitative estimate of drug-likeness (QED) is 0.760. The van der Waals surface area contributed by atoms with Gasteiger partial charge in [0.15, 0.2) is 0 Å². The standard InChI is InChI=1S/C21H34N2S/c1-17-5-4-6-21(18(17)2)23-15-13-22(14-16-23)12-11-19-7-9-20(24-3)10-8-19/h4-6,19-20H,7-16H2,1-3H3. The van der Waals surface area contributed by atoms with Gasteiger partial charge in [0.25, 0.3) is 0 Å². The van der Waals surface area contributed by atoms with Gasteiger partial charge in [-0.3, -0.25) is 4.90 Å². The second kappa shape index (κ2) is 8.62. The SMILES string of the molecule is CSC1CCC(CCN2CCN(c3cccc(C)c3C)CC2)CC1. The zero-order valence-corrected chi connectivity index (χ0v) is 16.6. The predicted octanol–water partition coefficient (Wildman–Crippen LogP) is 4.74. The molecule has 1 aromatic carbocycles. The fraction of sp³-hybridized carbons (Fsp3) is 0.714. The van der Waals surface area contributed by atoms with Crippen LogP contribution < -0.4 is 4.90 Å². The molecule has 134 valence electrons. The highest BCUT2D eigenvalue weighted by Gasteiger charge is 2.23. The number of rotatable bonds is 5. The maximum atomic E-state index is 2.70. The molecule has 1 aliphatic heterocycles. The van der Waals surface area contributed by atoms with Crippen LogP contribution in [-0.2, 0) is 0 Å². The third kappa shape index (κ3) is 4.49. The summed E-state index contributed by atoms with van der Waals surface area (Å²) in [5.41, 5.74) is 4.32. The Bertz CT molecular complexity index is 515. The van der Waals surface area contributed by atoms with Gasteiger partial charge in [-0.25, -0.2) is 0 Å². The van der Waals surface area contributed by atoms with Gasteiger partial charge in [-0.2, -0.15) is 11.8 Å². The number of hydrogen-bond donors (Lipinski definition) is 0. The van der Waals surface area contributed by atoms with Gasteiger partial charge in [0.2, 0.25) is 0 Å². The Morgan fingerprint density at radius 3 is 2.38 bits per heavy atom. The molecule has 0 amide bonds. The third-order valence-corrected chi connectivity index (χ3v) is 7.41. The van der Waals surface area contributed by atoms with Crippen molar-refractivity contribution in [1.82, 2.24) is 4.90 Å². The Hall–Kier alpha value is -0.670. The molecule has 0 unspecified atom stereocenters. The summed E-state index contributed by atoms with van der Waals surface area (Å²) in [5, 5.41) is 0.947. The molecule has 1 aliphatic carbocycles. The van der Waals surface area contributed by atoms with Crippen LogP contribution in [0.2, 0.25) is 0 Å². The minimum Gasteiger partial charge on any atom is -0.369 e. The van der Waals surface area contributed by atoms with Crippen LogP contribution in [0.25, 0.3) is 0 Å². The number of hydrogen-bond acceptors (Lipinski definition) is 3. The molecule has 0 aromatic heterocycles. The van der Waals surface area contributed by atoms with Gasteiger partial charge >= 0.3 is 0 Å². The molecule has 0 radical (unpaired) electrons. The summed E-state index contributed by atoms with van der Waals surface area (Å²) in [5.74, 6) is 0.991. The molecule has 3 heteroatoms. The molecule has 2 fully saturated rings. The number of thioether (sulfide) groups is 1. The molecule has 1 heterocycles. The van der Waals surface area contributed by atoms with Crippen LogP contribution in [0.3, 0.4) is 0 Å². The van der Waals surface area contributed by atoms with Crippen LogP contribution in [-0.4, -0.2) is 49.1 Å². The Morgan fingerprint density at radius 2 is 1.71 bits per heavy atom. The first-order valence-electron chi connectivity index (χ1n) is 9.73. The van der Waals surface area contributed by atoms with E-state index in [1.54, 1.807) is 0 Å². The second-order valence-electron chi connectivity index (χ2n) is 7.71. The van der Waals surface area contributed by atoms with E-state index in [1.165, 1.54) is 81.6 Å². The van der Waals surface area contributed by atoms with Gasteiger partial charge in [-0.15, -0.1) is 0 Å². The number of benzene rings is 1. The first-order valence-corrected chi connectivity index (χ1v) is 11.0. The van der Waals surface area contributed by atoms with Crippen LogP contribution in [0.15, 0.2) is 18.2 Å². The van der Waals surface area contributed by atoms with E-state index in [-0.39, 0.29) is 0 Å². The smallest absolute Gasteiger partial charge is 0.0399 e. The molecule has 0 spiro atoms. The summed E-state index contributed by atoms with van der Waals surface area (Å²) in [6, 6.07) is 6.72. The average Bonchev–Trinajstić information content (AvgIpc) is 2.63. The number of nitrogens with zero attached hydrogens (tertiary/aromatic N) is 2. The van der Waals surface area contributed by atoms with Crippen molar-refractivity contribution in [3.63, 3.8) is 0 Å². The van der Waals surface area contributed by atoms with Gasteiger partial charge in [0.1, 0.15) is 0 Å². The van der Waals surface area contributed by atoms with Crippen molar-refractivity contribution < 1.29 is 0 Å². The lowest BCUT2D eigenvalue weighted by Gasteiger charge is -2.38. The monoisotopic (exact) mass is 346 g/mol. The van der Waals surface area contributed by atoms with Gasteiger partial charge in [0.05, 0.1) is 0 Å². The highest BCUT2D eigenvalue weighted by Crippen LogP contribution is 2.32. The number of piperazine rings is 1. The van der Waals surface area contributed by atoms with Crippen LogP contribution in [0, 0.1) is 19.8 Å². The summed E-state index contributed by atoms with van der Waals surface area (Å²) in [4.78, 5) is 5.28. The summed E-state index contributed by atoms with van der Waals surface area (Å²) >= 11 is 2.08. The van der Waals surface area contributed by atoms with Crippen molar-refractivity contribution in [2.75, 3.05) is 43.9 Å².